The zero-order valence-corrected chi connectivity index (χ0v) is 13.5. The molecule has 0 fully saturated rings. The van der Waals surface area contributed by atoms with Gasteiger partial charge in [0.05, 0.1) is 0 Å². The smallest absolute Gasteiger partial charge is 0.328 e. The van der Waals surface area contributed by atoms with E-state index in [-0.39, 0.29) is 6.10 Å². The molecule has 4 heteroatoms. The minimum absolute atomic E-state index is 0.124. The molecular weight excluding hydrogens is 304 g/mol. The van der Waals surface area contributed by atoms with Crippen LogP contribution in [0.15, 0.2) is 65.1 Å². The van der Waals surface area contributed by atoms with E-state index in [9.17, 15) is 4.79 Å². The van der Waals surface area contributed by atoms with Crippen LogP contribution in [0, 0.1) is 0 Å². The fraction of sp³-hybridized carbons (Fsp3) is 0.150. The zero-order valence-electron chi connectivity index (χ0n) is 13.5. The van der Waals surface area contributed by atoms with Gasteiger partial charge in [-0.3, -0.25) is 0 Å². The van der Waals surface area contributed by atoms with Crippen molar-refractivity contribution in [2.45, 2.75) is 20.0 Å². The van der Waals surface area contributed by atoms with E-state index in [1.165, 1.54) is 0 Å². The number of benzene rings is 2. The van der Waals surface area contributed by atoms with Crippen molar-refractivity contribution in [1.82, 2.24) is 0 Å². The third-order valence-electron chi connectivity index (χ3n) is 3.81. The van der Waals surface area contributed by atoms with Crippen molar-refractivity contribution in [3.05, 3.63) is 72.0 Å². The average Bonchev–Trinajstić information content (AvgIpc) is 3.00. The predicted molar refractivity (Wildman–Crippen MR) is 93.0 cm³/mol. The van der Waals surface area contributed by atoms with Gasteiger partial charge >= 0.3 is 5.97 Å². The number of para-hydroxylation sites is 1. The number of carboxylic acids is 1. The van der Waals surface area contributed by atoms with E-state index in [0.717, 1.165) is 17.0 Å². The van der Waals surface area contributed by atoms with E-state index in [1.54, 1.807) is 6.92 Å². The summed E-state index contributed by atoms with van der Waals surface area (Å²) < 4.78 is 11.9. The summed E-state index contributed by atoms with van der Waals surface area (Å²) in [5.41, 5.74) is 2.25. The number of rotatable bonds is 5. The molecule has 0 aliphatic heterocycles. The number of carbonyl (C=O) groups is 1. The van der Waals surface area contributed by atoms with Crippen molar-refractivity contribution >= 4 is 22.5 Å². The number of aliphatic carboxylic acids is 1. The largest absolute Gasteiger partial charge is 0.482 e. The summed E-state index contributed by atoms with van der Waals surface area (Å²) >= 11 is 0. The maximum absolute atomic E-state index is 10.8. The summed E-state index contributed by atoms with van der Waals surface area (Å²) in [5.74, 6) is 0.163. The molecule has 0 radical (unpaired) electrons. The number of hydrogen-bond donors (Lipinski definition) is 1. The number of fused-ring (bicyclic) bond motifs is 1. The van der Waals surface area contributed by atoms with E-state index >= 15 is 0 Å². The molecule has 0 amide bonds. The highest BCUT2D eigenvalue weighted by atomic mass is 16.5. The molecule has 1 atom stereocenters. The molecule has 4 nitrogen and oxygen atoms in total. The maximum Gasteiger partial charge on any atom is 0.328 e. The van der Waals surface area contributed by atoms with Gasteiger partial charge in [-0.2, -0.15) is 0 Å². The van der Waals surface area contributed by atoms with Crippen LogP contribution in [0.2, 0.25) is 0 Å². The molecule has 1 N–H and O–H groups in total. The maximum atomic E-state index is 10.8. The average molecular weight is 322 g/mol. The second kappa shape index (κ2) is 6.62. The monoisotopic (exact) mass is 322 g/mol. The quantitative estimate of drug-likeness (QED) is 0.667. The second-order valence-corrected chi connectivity index (χ2v) is 5.62. The SMILES string of the molecule is C/C(=C\C(=O)O)c1cc2cccc(OC(C)c3ccccc3)c2o1. The molecule has 2 aromatic carbocycles. The van der Waals surface area contributed by atoms with Gasteiger partial charge in [0, 0.05) is 11.5 Å². The molecule has 24 heavy (non-hydrogen) atoms. The van der Waals surface area contributed by atoms with Gasteiger partial charge in [-0.05, 0) is 37.1 Å². The van der Waals surface area contributed by atoms with E-state index < -0.39 is 5.97 Å². The first kappa shape index (κ1) is 15.9. The molecule has 122 valence electrons. The lowest BCUT2D eigenvalue weighted by Gasteiger charge is -2.15. The van der Waals surface area contributed by atoms with Gasteiger partial charge in [0.2, 0.25) is 0 Å². The molecule has 3 aromatic rings. The van der Waals surface area contributed by atoms with Crippen LogP contribution in [0.4, 0.5) is 0 Å². The molecule has 0 saturated carbocycles. The molecule has 1 unspecified atom stereocenters. The molecule has 3 rings (SSSR count). The Morgan fingerprint density at radius 2 is 1.92 bits per heavy atom. The van der Waals surface area contributed by atoms with Crippen LogP contribution in [-0.2, 0) is 4.79 Å². The molecule has 1 heterocycles. The van der Waals surface area contributed by atoms with Gasteiger partial charge in [0.25, 0.3) is 0 Å². The Balaban J connectivity index is 1.94. The van der Waals surface area contributed by atoms with E-state index in [4.69, 9.17) is 14.3 Å². The lowest BCUT2D eigenvalue weighted by molar-refractivity contribution is -0.131. The fourth-order valence-corrected chi connectivity index (χ4v) is 2.56. The summed E-state index contributed by atoms with van der Waals surface area (Å²) in [6.07, 6.45) is 1.01. The standard InChI is InChI=1S/C20H18O4/c1-13(11-19(21)22)18-12-16-9-6-10-17(20(16)24-18)23-14(2)15-7-4-3-5-8-15/h3-12,14H,1-2H3,(H,21,22)/b13-11+. The Morgan fingerprint density at radius 3 is 2.62 bits per heavy atom. The van der Waals surface area contributed by atoms with Gasteiger partial charge < -0.3 is 14.3 Å². The number of carboxylic acid groups (broad SMARTS) is 1. The fourth-order valence-electron chi connectivity index (χ4n) is 2.56. The van der Waals surface area contributed by atoms with Gasteiger partial charge in [0.1, 0.15) is 11.9 Å². The molecule has 0 spiro atoms. The minimum atomic E-state index is -0.998. The predicted octanol–water partition coefficient (Wildman–Crippen LogP) is 5.06. The molecule has 0 aliphatic carbocycles. The first-order valence-corrected chi connectivity index (χ1v) is 7.70. The summed E-state index contributed by atoms with van der Waals surface area (Å²) in [5, 5.41) is 9.75. The summed E-state index contributed by atoms with van der Waals surface area (Å²) in [4.78, 5) is 10.8. The van der Waals surface area contributed by atoms with Crippen LogP contribution in [-0.4, -0.2) is 11.1 Å². The Morgan fingerprint density at radius 1 is 1.17 bits per heavy atom. The Kier molecular flexibility index (Phi) is 4.38. The highest BCUT2D eigenvalue weighted by Gasteiger charge is 2.14. The zero-order chi connectivity index (χ0) is 17.1. The molecule has 0 saturated heterocycles. The Labute approximate surface area is 140 Å². The topological polar surface area (TPSA) is 59.7 Å². The van der Waals surface area contributed by atoms with Crippen molar-refractivity contribution in [3.63, 3.8) is 0 Å². The van der Waals surface area contributed by atoms with Crippen molar-refractivity contribution in [2.75, 3.05) is 0 Å². The minimum Gasteiger partial charge on any atom is -0.482 e. The van der Waals surface area contributed by atoms with E-state index in [1.807, 2.05) is 61.5 Å². The number of allylic oxidation sites excluding steroid dienone is 1. The van der Waals surface area contributed by atoms with Gasteiger partial charge in [-0.25, -0.2) is 4.79 Å². The summed E-state index contributed by atoms with van der Waals surface area (Å²) in [6.45, 7) is 3.69. The number of ether oxygens (including phenoxy) is 1. The van der Waals surface area contributed by atoms with Crippen molar-refractivity contribution < 1.29 is 19.1 Å². The first-order chi connectivity index (χ1) is 11.5. The third kappa shape index (κ3) is 3.33. The molecule has 0 bridgehead atoms. The van der Waals surface area contributed by atoms with Crippen molar-refractivity contribution in [3.8, 4) is 5.75 Å². The van der Waals surface area contributed by atoms with Crippen LogP contribution >= 0.6 is 0 Å². The Bertz CT molecular complexity index is 890. The third-order valence-corrected chi connectivity index (χ3v) is 3.81. The van der Waals surface area contributed by atoms with Crippen LogP contribution in [0.5, 0.6) is 5.75 Å². The number of furan rings is 1. The highest BCUT2D eigenvalue weighted by Crippen LogP contribution is 2.33. The first-order valence-electron chi connectivity index (χ1n) is 7.70. The Hall–Kier alpha value is -3.01. The highest BCUT2D eigenvalue weighted by molar-refractivity contribution is 5.92. The van der Waals surface area contributed by atoms with E-state index in [2.05, 4.69) is 0 Å². The van der Waals surface area contributed by atoms with Crippen LogP contribution in [0.3, 0.4) is 0 Å². The van der Waals surface area contributed by atoms with Crippen LogP contribution in [0.1, 0.15) is 31.3 Å². The summed E-state index contributed by atoms with van der Waals surface area (Å²) in [7, 11) is 0. The number of hydrogen-bond acceptors (Lipinski definition) is 3. The van der Waals surface area contributed by atoms with E-state index in [0.29, 0.717) is 22.7 Å². The van der Waals surface area contributed by atoms with Crippen LogP contribution < -0.4 is 4.74 Å². The van der Waals surface area contributed by atoms with Gasteiger partial charge in [0.15, 0.2) is 11.3 Å². The van der Waals surface area contributed by atoms with Crippen molar-refractivity contribution in [2.24, 2.45) is 0 Å². The molecule has 0 aliphatic rings. The second-order valence-electron chi connectivity index (χ2n) is 5.62. The molecular formula is C20H18O4. The normalized spacial score (nSPS) is 13.0. The lowest BCUT2D eigenvalue weighted by atomic mass is 10.1. The summed E-state index contributed by atoms with van der Waals surface area (Å²) in [6, 6.07) is 17.4. The van der Waals surface area contributed by atoms with Crippen molar-refractivity contribution in [1.29, 1.82) is 0 Å². The van der Waals surface area contributed by atoms with Gasteiger partial charge in [-0.1, -0.05) is 42.5 Å². The molecule has 1 aromatic heterocycles. The lowest BCUT2D eigenvalue weighted by Crippen LogP contribution is -2.02. The van der Waals surface area contributed by atoms with Crippen LogP contribution in [0.25, 0.3) is 16.5 Å². The van der Waals surface area contributed by atoms with Gasteiger partial charge in [-0.15, -0.1) is 0 Å².